The van der Waals surface area contributed by atoms with E-state index in [0.717, 1.165) is 44.4 Å². The second-order valence-electron chi connectivity index (χ2n) is 5.21. The lowest BCUT2D eigenvalue weighted by Gasteiger charge is -2.26. The molecule has 1 aromatic heterocycles. The van der Waals surface area contributed by atoms with Gasteiger partial charge >= 0.3 is 0 Å². The van der Waals surface area contributed by atoms with Crippen LogP contribution in [-0.4, -0.2) is 25.8 Å². The van der Waals surface area contributed by atoms with Crippen molar-refractivity contribution in [1.29, 1.82) is 0 Å². The van der Waals surface area contributed by atoms with Crippen LogP contribution in [0.4, 0.5) is 0 Å². The molecule has 0 bridgehead atoms. The van der Waals surface area contributed by atoms with Gasteiger partial charge in [0.05, 0.1) is 12.9 Å². The lowest BCUT2D eigenvalue weighted by molar-refractivity contribution is 0.145. The summed E-state index contributed by atoms with van der Waals surface area (Å²) >= 11 is 0. The Morgan fingerprint density at radius 2 is 2.38 bits per heavy atom. The van der Waals surface area contributed by atoms with Crippen molar-refractivity contribution < 1.29 is 9.15 Å². The quantitative estimate of drug-likeness (QED) is 0.825. The first kappa shape index (κ1) is 10.4. The summed E-state index contributed by atoms with van der Waals surface area (Å²) in [6, 6.07) is 4.80. The normalized spacial score (nSPS) is 29.8. The fraction of sp³-hybridized carbons (Fsp3) is 0.692. The molecular weight excluding hydrogens is 202 g/mol. The molecule has 1 N–H and O–H groups in total. The van der Waals surface area contributed by atoms with Crippen LogP contribution in [0, 0.1) is 5.41 Å². The van der Waals surface area contributed by atoms with Crippen LogP contribution in [-0.2, 0) is 11.2 Å². The van der Waals surface area contributed by atoms with Gasteiger partial charge in [0.25, 0.3) is 0 Å². The zero-order valence-corrected chi connectivity index (χ0v) is 9.58. The van der Waals surface area contributed by atoms with Crippen LogP contribution < -0.4 is 5.32 Å². The van der Waals surface area contributed by atoms with Crippen LogP contribution in [0.1, 0.15) is 25.0 Å². The molecule has 0 radical (unpaired) electrons. The maximum Gasteiger partial charge on any atom is 0.104 e. The van der Waals surface area contributed by atoms with Crippen molar-refractivity contribution in [2.45, 2.75) is 31.7 Å². The lowest BCUT2D eigenvalue weighted by Crippen LogP contribution is -2.37. The summed E-state index contributed by atoms with van der Waals surface area (Å²) in [7, 11) is 0. The molecule has 1 atom stereocenters. The fourth-order valence-electron chi connectivity index (χ4n) is 2.42. The average Bonchev–Trinajstić information content (AvgIpc) is 2.78. The molecule has 2 aliphatic rings. The summed E-state index contributed by atoms with van der Waals surface area (Å²) in [6.45, 7) is 2.83. The summed E-state index contributed by atoms with van der Waals surface area (Å²) in [5.41, 5.74) is 0.264. The van der Waals surface area contributed by atoms with Crippen LogP contribution in [0.25, 0.3) is 0 Å². The first-order valence-electron chi connectivity index (χ1n) is 6.20. The van der Waals surface area contributed by atoms with Gasteiger partial charge in [-0.2, -0.15) is 0 Å². The van der Waals surface area contributed by atoms with Crippen LogP contribution in [0.3, 0.4) is 0 Å². The molecule has 1 aliphatic heterocycles. The van der Waals surface area contributed by atoms with Gasteiger partial charge in [0.1, 0.15) is 5.76 Å². The van der Waals surface area contributed by atoms with Gasteiger partial charge in [-0.05, 0) is 31.4 Å². The summed E-state index contributed by atoms with van der Waals surface area (Å²) < 4.78 is 11.0. The number of furan rings is 1. The van der Waals surface area contributed by atoms with Crippen LogP contribution in [0.15, 0.2) is 22.8 Å². The first-order valence-corrected chi connectivity index (χ1v) is 6.20. The standard InChI is InChI=1S/C13H19NO2/c1-2-12(16-6-1)8-13(5-7-15-10-13)9-14-11-3-4-11/h1-2,6,11,14H,3-5,7-10H2. The van der Waals surface area contributed by atoms with Gasteiger partial charge in [0.2, 0.25) is 0 Å². The molecule has 88 valence electrons. The minimum Gasteiger partial charge on any atom is -0.469 e. The van der Waals surface area contributed by atoms with Crippen molar-refractivity contribution in [2.75, 3.05) is 19.8 Å². The highest BCUT2D eigenvalue weighted by atomic mass is 16.5. The van der Waals surface area contributed by atoms with E-state index in [9.17, 15) is 0 Å². The van der Waals surface area contributed by atoms with Crippen LogP contribution in [0.2, 0.25) is 0 Å². The predicted octanol–water partition coefficient (Wildman–Crippen LogP) is 1.98. The Kier molecular flexibility index (Phi) is 2.74. The summed E-state index contributed by atoms with van der Waals surface area (Å²) in [5, 5.41) is 3.63. The molecule has 1 saturated heterocycles. The lowest BCUT2D eigenvalue weighted by atomic mass is 9.82. The summed E-state index contributed by atoms with van der Waals surface area (Å²) in [6.07, 6.45) is 6.59. The second-order valence-corrected chi connectivity index (χ2v) is 5.21. The van der Waals surface area contributed by atoms with E-state index in [0.29, 0.717) is 0 Å². The summed E-state index contributed by atoms with van der Waals surface area (Å²) in [4.78, 5) is 0. The van der Waals surface area contributed by atoms with Gasteiger partial charge in [-0.1, -0.05) is 0 Å². The van der Waals surface area contributed by atoms with Gasteiger partial charge in [-0.15, -0.1) is 0 Å². The van der Waals surface area contributed by atoms with Crippen molar-refractivity contribution >= 4 is 0 Å². The van der Waals surface area contributed by atoms with E-state index in [1.807, 2.05) is 6.07 Å². The van der Waals surface area contributed by atoms with Gasteiger partial charge in [0.15, 0.2) is 0 Å². The van der Waals surface area contributed by atoms with E-state index >= 15 is 0 Å². The first-order chi connectivity index (χ1) is 7.86. The Morgan fingerprint density at radius 3 is 3.00 bits per heavy atom. The van der Waals surface area contributed by atoms with E-state index in [1.54, 1.807) is 6.26 Å². The molecule has 0 amide bonds. The Hall–Kier alpha value is -0.800. The van der Waals surface area contributed by atoms with Crippen LogP contribution in [0.5, 0.6) is 0 Å². The third kappa shape index (κ3) is 2.30. The van der Waals surface area contributed by atoms with Gasteiger partial charge in [0, 0.05) is 31.0 Å². The highest BCUT2D eigenvalue weighted by Gasteiger charge is 2.37. The van der Waals surface area contributed by atoms with E-state index < -0.39 is 0 Å². The van der Waals surface area contributed by atoms with Crippen molar-refractivity contribution in [3.8, 4) is 0 Å². The fourth-order valence-corrected chi connectivity index (χ4v) is 2.42. The minimum absolute atomic E-state index is 0.264. The number of rotatable bonds is 5. The SMILES string of the molecule is c1coc(CC2(CNC3CC3)CCOC2)c1. The van der Waals surface area contributed by atoms with Crippen LogP contribution >= 0.6 is 0 Å². The molecule has 3 rings (SSSR count). The molecule has 16 heavy (non-hydrogen) atoms. The number of nitrogens with one attached hydrogen (secondary N) is 1. The van der Waals surface area contributed by atoms with E-state index in [1.165, 1.54) is 12.8 Å². The van der Waals surface area contributed by atoms with Gasteiger partial charge in [-0.25, -0.2) is 0 Å². The largest absolute Gasteiger partial charge is 0.469 e. The summed E-state index contributed by atoms with van der Waals surface area (Å²) in [5.74, 6) is 1.09. The number of hydrogen-bond donors (Lipinski definition) is 1. The zero-order chi connectivity index (χ0) is 10.8. The maximum absolute atomic E-state index is 5.58. The molecule has 2 heterocycles. The molecule has 1 unspecified atom stereocenters. The molecule has 3 nitrogen and oxygen atoms in total. The Morgan fingerprint density at radius 1 is 1.44 bits per heavy atom. The van der Waals surface area contributed by atoms with Gasteiger partial charge in [-0.3, -0.25) is 0 Å². The third-order valence-corrected chi connectivity index (χ3v) is 3.66. The highest BCUT2D eigenvalue weighted by Crippen LogP contribution is 2.33. The van der Waals surface area contributed by atoms with Gasteiger partial charge < -0.3 is 14.5 Å². The topological polar surface area (TPSA) is 34.4 Å². The molecular formula is C13H19NO2. The Labute approximate surface area is 96.2 Å². The molecule has 3 heteroatoms. The molecule has 1 saturated carbocycles. The van der Waals surface area contributed by atoms with Crippen molar-refractivity contribution in [2.24, 2.45) is 5.41 Å². The molecule has 0 spiro atoms. The minimum atomic E-state index is 0.264. The second kappa shape index (κ2) is 4.22. The smallest absolute Gasteiger partial charge is 0.104 e. The Balaban J connectivity index is 1.63. The Bertz CT molecular complexity index is 324. The van der Waals surface area contributed by atoms with Crippen molar-refractivity contribution in [1.82, 2.24) is 5.32 Å². The maximum atomic E-state index is 5.58. The average molecular weight is 221 g/mol. The van der Waals surface area contributed by atoms with Crippen molar-refractivity contribution in [3.05, 3.63) is 24.2 Å². The highest BCUT2D eigenvalue weighted by molar-refractivity contribution is 5.04. The monoisotopic (exact) mass is 221 g/mol. The van der Waals surface area contributed by atoms with E-state index in [2.05, 4.69) is 11.4 Å². The van der Waals surface area contributed by atoms with Crippen molar-refractivity contribution in [3.63, 3.8) is 0 Å². The molecule has 2 fully saturated rings. The number of hydrogen-bond acceptors (Lipinski definition) is 3. The number of ether oxygens (including phenoxy) is 1. The molecule has 1 aromatic rings. The molecule has 1 aliphatic carbocycles. The third-order valence-electron chi connectivity index (χ3n) is 3.66. The van der Waals surface area contributed by atoms with E-state index in [-0.39, 0.29) is 5.41 Å². The predicted molar refractivity (Wildman–Crippen MR) is 61.3 cm³/mol. The van der Waals surface area contributed by atoms with E-state index in [4.69, 9.17) is 9.15 Å². The molecule has 0 aromatic carbocycles. The zero-order valence-electron chi connectivity index (χ0n) is 9.58.